The lowest BCUT2D eigenvalue weighted by Crippen LogP contribution is -2.47. The van der Waals surface area contributed by atoms with Gasteiger partial charge < -0.3 is 10.4 Å². The average Bonchev–Trinajstić information content (AvgIpc) is 2.96. The summed E-state index contributed by atoms with van der Waals surface area (Å²) >= 11 is 0. The van der Waals surface area contributed by atoms with E-state index in [-0.39, 0.29) is 17.6 Å². The van der Waals surface area contributed by atoms with Crippen LogP contribution in [0.5, 0.6) is 0 Å². The molecule has 0 bridgehead atoms. The number of hydrogen-bond acceptors (Lipinski definition) is 3. The normalized spacial score (nSPS) is 22.4. The lowest BCUT2D eigenvalue weighted by Gasteiger charge is -2.29. The number of hydrogen-bond donors (Lipinski definition) is 2. The van der Waals surface area contributed by atoms with E-state index in [1.54, 1.807) is 0 Å². The number of rotatable bonds is 6. The van der Waals surface area contributed by atoms with Crippen molar-refractivity contribution in [1.82, 2.24) is 5.32 Å². The maximum absolute atomic E-state index is 9.20. The molecule has 1 aliphatic rings. The summed E-state index contributed by atoms with van der Waals surface area (Å²) in [6, 6.07) is 2.24. The molecule has 1 rings (SSSR count). The molecular weight excluding hydrogens is 176 g/mol. The Morgan fingerprint density at radius 3 is 2.57 bits per heavy atom. The van der Waals surface area contributed by atoms with Crippen LogP contribution >= 0.6 is 0 Å². The van der Waals surface area contributed by atoms with Crippen molar-refractivity contribution in [3.05, 3.63) is 0 Å². The lowest BCUT2D eigenvalue weighted by atomic mass is 9.97. The molecule has 14 heavy (non-hydrogen) atoms. The number of nitriles is 1. The molecular formula is C11H20N2O. The Labute approximate surface area is 86.1 Å². The SMILES string of the molecule is CCC(C)(CO)NCC1(CC#N)CC1. The van der Waals surface area contributed by atoms with Crippen LogP contribution in [-0.4, -0.2) is 23.8 Å². The standard InChI is InChI=1S/C11H20N2O/c1-3-10(2,9-14)13-8-11(4-5-11)6-7-12/h13-14H,3-6,8-9H2,1-2H3. The molecule has 1 unspecified atom stereocenters. The summed E-state index contributed by atoms with van der Waals surface area (Å²) in [5.41, 5.74) is 0.0470. The topological polar surface area (TPSA) is 56.0 Å². The molecule has 1 fully saturated rings. The highest BCUT2D eigenvalue weighted by molar-refractivity contribution is 5.02. The monoisotopic (exact) mass is 196 g/mol. The zero-order valence-corrected chi connectivity index (χ0v) is 9.14. The lowest BCUT2D eigenvalue weighted by molar-refractivity contribution is 0.162. The van der Waals surface area contributed by atoms with Crippen LogP contribution in [0.1, 0.15) is 39.5 Å². The molecule has 0 radical (unpaired) electrons. The molecule has 0 spiro atoms. The van der Waals surface area contributed by atoms with E-state index in [0.717, 1.165) is 25.8 Å². The minimum absolute atomic E-state index is 0.159. The van der Waals surface area contributed by atoms with Gasteiger partial charge in [-0.25, -0.2) is 0 Å². The van der Waals surface area contributed by atoms with Crippen molar-refractivity contribution in [2.24, 2.45) is 5.41 Å². The molecule has 1 saturated carbocycles. The fourth-order valence-corrected chi connectivity index (χ4v) is 1.45. The van der Waals surface area contributed by atoms with Crippen molar-refractivity contribution in [2.45, 2.75) is 45.1 Å². The second kappa shape index (κ2) is 4.29. The Bertz CT molecular complexity index is 224. The summed E-state index contributed by atoms with van der Waals surface area (Å²) < 4.78 is 0. The maximum atomic E-state index is 9.20. The molecule has 3 nitrogen and oxygen atoms in total. The molecule has 1 aliphatic carbocycles. The second-order valence-corrected chi connectivity index (χ2v) is 4.76. The second-order valence-electron chi connectivity index (χ2n) is 4.76. The van der Waals surface area contributed by atoms with Crippen molar-refractivity contribution in [3.8, 4) is 6.07 Å². The summed E-state index contributed by atoms with van der Waals surface area (Å²) in [7, 11) is 0. The maximum Gasteiger partial charge on any atom is 0.0628 e. The van der Waals surface area contributed by atoms with E-state index < -0.39 is 0 Å². The summed E-state index contributed by atoms with van der Waals surface area (Å²) in [6.07, 6.45) is 3.86. The third kappa shape index (κ3) is 2.70. The summed E-state index contributed by atoms with van der Waals surface area (Å²) in [5, 5.41) is 21.2. The van der Waals surface area contributed by atoms with Gasteiger partial charge in [0.2, 0.25) is 0 Å². The van der Waals surface area contributed by atoms with Gasteiger partial charge in [0.25, 0.3) is 0 Å². The Morgan fingerprint density at radius 2 is 2.21 bits per heavy atom. The molecule has 0 heterocycles. The molecule has 3 heteroatoms. The van der Waals surface area contributed by atoms with E-state index >= 15 is 0 Å². The average molecular weight is 196 g/mol. The first-order chi connectivity index (χ1) is 6.60. The van der Waals surface area contributed by atoms with Crippen molar-refractivity contribution in [2.75, 3.05) is 13.2 Å². The van der Waals surface area contributed by atoms with Gasteiger partial charge in [-0.2, -0.15) is 5.26 Å². The van der Waals surface area contributed by atoms with Crippen LogP contribution in [0.15, 0.2) is 0 Å². The molecule has 0 aromatic carbocycles. The summed E-state index contributed by atoms with van der Waals surface area (Å²) in [5.74, 6) is 0. The fourth-order valence-electron chi connectivity index (χ4n) is 1.45. The quantitative estimate of drug-likeness (QED) is 0.675. The highest BCUT2D eigenvalue weighted by atomic mass is 16.3. The number of aliphatic hydroxyl groups excluding tert-OH is 1. The zero-order valence-electron chi connectivity index (χ0n) is 9.14. The Hall–Kier alpha value is -0.590. The zero-order chi connectivity index (χ0) is 10.7. The van der Waals surface area contributed by atoms with Gasteiger partial charge in [-0.05, 0) is 31.6 Å². The number of nitrogens with one attached hydrogen (secondary N) is 1. The van der Waals surface area contributed by atoms with Crippen molar-refractivity contribution in [3.63, 3.8) is 0 Å². The van der Waals surface area contributed by atoms with E-state index in [0.29, 0.717) is 6.42 Å². The van der Waals surface area contributed by atoms with Crippen LogP contribution < -0.4 is 5.32 Å². The molecule has 80 valence electrons. The Balaban J connectivity index is 2.36. The van der Waals surface area contributed by atoms with Gasteiger partial charge in [-0.3, -0.25) is 0 Å². The van der Waals surface area contributed by atoms with E-state index in [1.807, 2.05) is 6.92 Å². The Kier molecular flexibility index (Phi) is 3.52. The predicted molar refractivity (Wildman–Crippen MR) is 55.7 cm³/mol. The van der Waals surface area contributed by atoms with Gasteiger partial charge in [-0.1, -0.05) is 6.92 Å². The van der Waals surface area contributed by atoms with Gasteiger partial charge in [0.15, 0.2) is 0 Å². The van der Waals surface area contributed by atoms with Gasteiger partial charge in [0.1, 0.15) is 0 Å². The van der Waals surface area contributed by atoms with Crippen molar-refractivity contribution < 1.29 is 5.11 Å². The van der Waals surface area contributed by atoms with Crippen LogP contribution in [0.3, 0.4) is 0 Å². The fraction of sp³-hybridized carbons (Fsp3) is 0.909. The van der Waals surface area contributed by atoms with E-state index in [9.17, 15) is 5.11 Å². The van der Waals surface area contributed by atoms with Crippen LogP contribution in [0.25, 0.3) is 0 Å². The third-order valence-electron chi connectivity index (χ3n) is 3.43. The van der Waals surface area contributed by atoms with Crippen LogP contribution in [0.4, 0.5) is 0 Å². The van der Waals surface area contributed by atoms with Gasteiger partial charge in [0.05, 0.1) is 12.7 Å². The molecule has 0 aromatic heterocycles. The third-order valence-corrected chi connectivity index (χ3v) is 3.43. The van der Waals surface area contributed by atoms with E-state index in [4.69, 9.17) is 5.26 Å². The predicted octanol–water partition coefficient (Wildman–Crippen LogP) is 1.43. The summed E-state index contributed by atoms with van der Waals surface area (Å²) in [6.45, 7) is 5.11. The molecule has 0 aromatic rings. The molecule has 0 aliphatic heterocycles. The highest BCUT2D eigenvalue weighted by Crippen LogP contribution is 2.48. The molecule has 2 N–H and O–H groups in total. The molecule has 0 saturated heterocycles. The first kappa shape index (κ1) is 11.5. The molecule has 0 amide bonds. The van der Waals surface area contributed by atoms with Crippen LogP contribution in [-0.2, 0) is 0 Å². The smallest absolute Gasteiger partial charge is 0.0628 e. The van der Waals surface area contributed by atoms with Crippen molar-refractivity contribution in [1.29, 1.82) is 5.26 Å². The number of nitrogens with zero attached hydrogens (tertiary/aromatic N) is 1. The molecule has 1 atom stereocenters. The largest absolute Gasteiger partial charge is 0.394 e. The Morgan fingerprint density at radius 1 is 1.57 bits per heavy atom. The van der Waals surface area contributed by atoms with Gasteiger partial charge in [-0.15, -0.1) is 0 Å². The van der Waals surface area contributed by atoms with Crippen LogP contribution in [0.2, 0.25) is 0 Å². The van der Waals surface area contributed by atoms with E-state index in [1.165, 1.54) is 0 Å². The first-order valence-corrected chi connectivity index (χ1v) is 5.33. The van der Waals surface area contributed by atoms with Gasteiger partial charge in [0, 0.05) is 18.5 Å². The van der Waals surface area contributed by atoms with Crippen LogP contribution in [0, 0.1) is 16.7 Å². The number of aliphatic hydroxyl groups is 1. The highest BCUT2D eigenvalue weighted by Gasteiger charge is 2.43. The van der Waals surface area contributed by atoms with Crippen molar-refractivity contribution >= 4 is 0 Å². The first-order valence-electron chi connectivity index (χ1n) is 5.33. The van der Waals surface area contributed by atoms with E-state index in [2.05, 4.69) is 18.3 Å². The minimum atomic E-state index is -0.176. The minimum Gasteiger partial charge on any atom is -0.394 e. The van der Waals surface area contributed by atoms with Gasteiger partial charge >= 0.3 is 0 Å². The summed E-state index contributed by atoms with van der Waals surface area (Å²) in [4.78, 5) is 0.